The molecule has 7 heteroatoms. The van der Waals surface area contributed by atoms with E-state index in [1.807, 2.05) is 53.2 Å². The van der Waals surface area contributed by atoms with Crippen molar-refractivity contribution in [2.75, 3.05) is 0 Å². The normalized spacial score (nSPS) is 12.0. The van der Waals surface area contributed by atoms with Crippen molar-refractivity contribution < 1.29 is 14.7 Å². The molecule has 6 rings (SSSR count). The number of rotatable bonds is 7. The molecule has 39 heavy (non-hydrogen) atoms. The summed E-state index contributed by atoms with van der Waals surface area (Å²) in [6, 6.07) is 28.9. The Morgan fingerprint density at radius 2 is 1.74 bits per heavy atom. The largest absolute Gasteiger partial charge is 0.478 e. The lowest BCUT2D eigenvalue weighted by molar-refractivity contribution is 0.0696. The summed E-state index contributed by atoms with van der Waals surface area (Å²) in [5.74, 6) is -0.433. The van der Waals surface area contributed by atoms with E-state index in [1.54, 1.807) is 35.6 Å². The highest BCUT2D eigenvalue weighted by Gasteiger charge is 2.19. The zero-order valence-electron chi connectivity index (χ0n) is 21.2. The van der Waals surface area contributed by atoms with Crippen molar-refractivity contribution in [2.45, 2.75) is 19.4 Å². The number of hydrogen-bond acceptors (Lipinski definition) is 4. The van der Waals surface area contributed by atoms with Gasteiger partial charge in [0.25, 0.3) is 5.91 Å². The average molecular weight is 532 g/mol. The second-order valence-corrected chi connectivity index (χ2v) is 10.5. The molecule has 3 heterocycles. The highest BCUT2D eigenvalue weighted by molar-refractivity contribution is 7.13. The van der Waals surface area contributed by atoms with Gasteiger partial charge >= 0.3 is 5.97 Å². The smallest absolute Gasteiger partial charge is 0.335 e. The van der Waals surface area contributed by atoms with Crippen LogP contribution in [0.15, 0.2) is 103 Å². The van der Waals surface area contributed by atoms with Gasteiger partial charge in [-0.1, -0.05) is 60.7 Å². The lowest BCUT2D eigenvalue weighted by atomic mass is 10.0. The second kappa shape index (κ2) is 10.2. The second-order valence-electron chi connectivity index (χ2n) is 9.52. The summed E-state index contributed by atoms with van der Waals surface area (Å²) in [5, 5.41) is 16.7. The molecule has 1 amide bonds. The molecule has 0 radical (unpaired) electrons. The van der Waals surface area contributed by atoms with Crippen LogP contribution in [-0.2, 0) is 6.42 Å². The third-order valence-corrected chi connectivity index (χ3v) is 7.84. The first-order valence-electron chi connectivity index (χ1n) is 12.6. The summed E-state index contributed by atoms with van der Waals surface area (Å²) in [5.41, 5.74) is 4.44. The fourth-order valence-corrected chi connectivity index (χ4v) is 5.59. The molecular formula is C32H25N3O3S. The molecule has 0 saturated carbocycles. The van der Waals surface area contributed by atoms with Gasteiger partial charge in [-0.05, 0) is 70.1 Å². The molecule has 0 unspecified atom stereocenters. The molecule has 3 aromatic carbocycles. The van der Waals surface area contributed by atoms with Gasteiger partial charge in [0.1, 0.15) is 11.5 Å². The Morgan fingerprint density at radius 1 is 0.949 bits per heavy atom. The van der Waals surface area contributed by atoms with Gasteiger partial charge in [-0.3, -0.25) is 9.20 Å². The standard InChI is InChI=1S/C32H25N3O3S/c1-20(22-10-12-24(13-11-22)32(37)38)34-31(36)28-18-26(29-7-4-14-39-29)17-27-19-33-30(35(27)28)16-21-8-9-23-5-2-3-6-25(23)15-21/h2-15,17-20H,16H2,1H3,(H,34,36)(H,37,38)/t20-/m0/s1. The summed E-state index contributed by atoms with van der Waals surface area (Å²) in [7, 11) is 0. The lowest BCUT2D eigenvalue weighted by Gasteiger charge is -2.17. The summed E-state index contributed by atoms with van der Waals surface area (Å²) < 4.78 is 1.93. The van der Waals surface area contributed by atoms with Gasteiger partial charge in [-0.15, -0.1) is 11.3 Å². The molecule has 0 bridgehead atoms. The van der Waals surface area contributed by atoms with Crippen molar-refractivity contribution in [3.63, 3.8) is 0 Å². The topological polar surface area (TPSA) is 83.7 Å². The molecule has 0 aliphatic carbocycles. The number of carbonyl (C=O) groups excluding carboxylic acids is 1. The van der Waals surface area contributed by atoms with Crippen LogP contribution in [0.25, 0.3) is 26.7 Å². The number of nitrogens with zero attached hydrogens (tertiary/aromatic N) is 2. The number of carboxylic acid groups (broad SMARTS) is 1. The Hall–Kier alpha value is -4.75. The SMILES string of the molecule is C[C@H](NC(=O)c1cc(-c2cccs2)cc2cnc(Cc3ccc4ccccc4c3)n12)c1ccc(C(=O)O)cc1. The molecule has 2 N–H and O–H groups in total. The van der Waals surface area contributed by atoms with Gasteiger partial charge < -0.3 is 10.4 Å². The van der Waals surface area contributed by atoms with Crippen LogP contribution in [0.1, 0.15) is 50.8 Å². The van der Waals surface area contributed by atoms with Crippen molar-refractivity contribution in [1.82, 2.24) is 14.7 Å². The number of fused-ring (bicyclic) bond motifs is 2. The number of amides is 1. The van der Waals surface area contributed by atoms with E-state index in [4.69, 9.17) is 4.98 Å². The fourth-order valence-electron chi connectivity index (χ4n) is 4.87. The van der Waals surface area contributed by atoms with Gasteiger partial charge in [-0.25, -0.2) is 9.78 Å². The van der Waals surface area contributed by atoms with E-state index in [0.29, 0.717) is 12.1 Å². The number of benzene rings is 3. The minimum atomic E-state index is -0.981. The predicted molar refractivity (Wildman–Crippen MR) is 155 cm³/mol. The maximum atomic E-state index is 13.8. The number of carboxylic acids is 1. The number of aromatic carboxylic acids is 1. The van der Waals surface area contributed by atoms with E-state index in [0.717, 1.165) is 38.3 Å². The zero-order chi connectivity index (χ0) is 26.9. The zero-order valence-corrected chi connectivity index (χ0v) is 22.0. The molecular weight excluding hydrogens is 506 g/mol. The average Bonchev–Trinajstić information content (AvgIpc) is 3.63. The maximum Gasteiger partial charge on any atom is 0.335 e. The van der Waals surface area contributed by atoms with Crippen LogP contribution < -0.4 is 5.32 Å². The minimum Gasteiger partial charge on any atom is -0.478 e. The molecule has 192 valence electrons. The quantitative estimate of drug-likeness (QED) is 0.232. The van der Waals surface area contributed by atoms with E-state index in [9.17, 15) is 14.7 Å². The van der Waals surface area contributed by atoms with Crippen molar-refractivity contribution in [3.8, 4) is 10.4 Å². The van der Waals surface area contributed by atoms with Gasteiger partial charge in [0.15, 0.2) is 0 Å². The van der Waals surface area contributed by atoms with Crippen LogP contribution in [0.3, 0.4) is 0 Å². The molecule has 0 aliphatic heterocycles. The first-order chi connectivity index (χ1) is 19.0. The third-order valence-electron chi connectivity index (χ3n) is 6.92. The lowest BCUT2D eigenvalue weighted by Crippen LogP contribution is -2.28. The van der Waals surface area contributed by atoms with E-state index in [-0.39, 0.29) is 17.5 Å². The minimum absolute atomic E-state index is 0.208. The maximum absolute atomic E-state index is 13.8. The number of imidazole rings is 1. The Morgan fingerprint density at radius 3 is 2.49 bits per heavy atom. The number of thiophene rings is 1. The van der Waals surface area contributed by atoms with Crippen molar-refractivity contribution >= 4 is 39.5 Å². The highest BCUT2D eigenvalue weighted by atomic mass is 32.1. The molecule has 0 saturated heterocycles. The Bertz CT molecular complexity index is 1820. The summed E-state index contributed by atoms with van der Waals surface area (Å²) in [6.45, 7) is 1.89. The van der Waals surface area contributed by atoms with Crippen LogP contribution in [0.4, 0.5) is 0 Å². The summed E-state index contributed by atoms with van der Waals surface area (Å²) in [4.78, 5) is 30.8. The monoisotopic (exact) mass is 531 g/mol. The van der Waals surface area contributed by atoms with E-state index in [2.05, 4.69) is 41.7 Å². The third kappa shape index (κ3) is 4.92. The van der Waals surface area contributed by atoms with E-state index < -0.39 is 5.97 Å². The highest BCUT2D eigenvalue weighted by Crippen LogP contribution is 2.29. The predicted octanol–water partition coefficient (Wildman–Crippen LogP) is 7.00. The van der Waals surface area contributed by atoms with E-state index >= 15 is 0 Å². The molecule has 6 aromatic rings. The van der Waals surface area contributed by atoms with Gasteiger partial charge in [-0.2, -0.15) is 0 Å². The number of nitrogens with one attached hydrogen (secondary N) is 1. The van der Waals surface area contributed by atoms with Crippen LogP contribution >= 0.6 is 11.3 Å². The Balaban J connectivity index is 1.38. The molecule has 0 fully saturated rings. The van der Waals surface area contributed by atoms with Gasteiger partial charge in [0, 0.05) is 11.3 Å². The van der Waals surface area contributed by atoms with Crippen LogP contribution in [-0.4, -0.2) is 26.4 Å². The fraction of sp³-hybridized carbons (Fsp3) is 0.0938. The van der Waals surface area contributed by atoms with E-state index in [1.165, 1.54) is 5.39 Å². The number of aromatic nitrogens is 2. The Labute approximate surface area is 229 Å². The van der Waals surface area contributed by atoms with Crippen LogP contribution in [0.5, 0.6) is 0 Å². The van der Waals surface area contributed by atoms with Gasteiger partial charge in [0.2, 0.25) is 0 Å². The first kappa shape index (κ1) is 24.6. The molecule has 6 nitrogen and oxygen atoms in total. The van der Waals surface area contributed by atoms with Crippen LogP contribution in [0, 0.1) is 0 Å². The molecule has 0 spiro atoms. The summed E-state index contributed by atoms with van der Waals surface area (Å²) in [6.07, 6.45) is 2.39. The molecule has 1 atom stereocenters. The number of hydrogen-bond donors (Lipinski definition) is 2. The van der Waals surface area contributed by atoms with Gasteiger partial charge in [0.05, 0.1) is 23.3 Å². The first-order valence-corrected chi connectivity index (χ1v) is 13.5. The number of pyridine rings is 1. The number of carbonyl (C=O) groups is 2. The molecule has 3 aromatic heterocycles. The van der Waals surface area contributed by atoms with Crippen LogP contribution in [0.2, 0.25) is 0 Å². The summed E-state index contributed by atoms with van der Waals surface area (Å²) >= 11 is 1.62. The Kier molecular flexibility index (Phi) is 6.42. The van der Waals surface area contributed by atoms with Crippen molar-refractivity contribution in [3.05, 3.63) is 131 Å². The van der Waals surface area contributed by atoms with Crippen molar-refractivity contribution in [2.24, 2.45) is 0 Å². The molecule has 0 aliphatic rings. The van der Waals surface area contributed by atoms with Crippen molar-refractivity contribution in [1.29, 1.82) is 0 Å².